The maximum atomic E-state index is 11.9. The highest BCUT2D eigenvalue weighted by molar-refractivity contribution is 5.90. The molecule has 7 nitrogen and oxygen atoms in total. The molecular formula is C14H18N2O5. The molecule has 0 saturated carbocycles. The molecule has 1 aliphatic heterocycles. The molecular weight excluding hydrogens is 276 g/mol. The number of nitrogens with one attached hydrogen (secondary N) is 2. The Morgan fingerprint density at radius 3 is 2.95 bits per heavy atom. The SMILES string of the molecule is COCc1cccc(NC(=O)NC2COCC2C(=O)O)c1. The number of anilines is 1. The molecule has 1 aromatic carbocycles. The molecule has 1 aromatic rings. The van der Waals surface area contributed by atoms with E-state index in [1.54, 1.807) is 19.2 Å². The predicted octanol–water partition coefficient (Wildman–Crippen LogP) is 1.05. The molecule has 0 spiro atoms. The van der Waals surface area contributed by atoms with Gasteiger partial charge in [-0.1, -0.05) is 12.1 Å². The van der Waals surface area contributed by atoms with Gasteiger partial charge in [0.05, 0.1) is 25.9 Å². The molecule has 114 valence electrons. The van der Waals surface area contributed by atoms with E-state index in [2.05, 4.69) is 10.6 Å². The third-order valence-corrected chi connectivity index (χ3v) is 3.21. The molecule has 1 fully saturated rings. The Bertz CT molecular complexity index is 520. The summed E-state index contributed by atoms with van der Waals surface area (Å²) < 4.78 is 10.1. The maximum absolute atomic E-state index is 11.9. The van der Waals surface area contributed by atoms with Crippen LogP contribution < -0.4 is 10.6 Å². The van der Waals surface area contributed by atoms with Crippen LogP contribution in [0.1, 0.15) is 5.56 Å². The van der Waals surface area contributed by atoms with Crippen molar-refractivity contribution in [2.75, 3.05) is 25.6 Å². The fourth-order valence-corrected chi connectivity index (χ4v) is 2.18. The van der Waals surface area contributed by atoms with Crippen molar-refractivity contribution in [2.45, 2.75) is 12.6 Å². The van der Waals surface area contributed by atoms with Gasteiger partial charge in [0.1, 0.15) is 5.92 Å². The lowest BCUT2D eigenvalue weighted by molar-refractivity contribution is -0.142. The van der Waals surface area contributed by atoms with Gasteiger partial charge in [-0.15, -0.1) is 0 Å². The Labute approximate surface area is 122 Å². The van der Waals surface area contributed by atoms with Gasteiger partial charge in [-0.25, -0.2) is 4.79 Å². The molecule has 3 N–H and O–H groups in total. The molecule has 1 saturated heterocycles. The van der Waals surface area contributed by atoms with Gasteiger partial charge in [-0.3, -0.25) is 4.79 Å². The first-order chi connectivity index (χ1) is 10.1. The average molecular weight is 294 g/mol. The summed E-state index contributed by atoms with van der Waals surface area (Å²) in [4.78, 5) is 22.9. The maximum Gasteiger partial charge on any atom is 0.319 e. The lowest BCUT2D eigenvalue weighted by Crippen LogP contribution is -2.44. The number of hydrogen-bond acceptors (Lipinski definition) is 4. The van der Waals surface area contributed by atoms with E-state index in [0.29, 0.717) is 12.3 Å². The number of carboxylic acids is 1. The number of carbonyl (C=O) groups is 2. The van der Waals surface area contributed by atoms with Crippen LogP contribution in [0.15, 0.2) is 24.3 Å². The van der Waals surface area contributed by atoms with Crippen molar-refractivity contribution in [3.63, 3.8) is 0 Å². The third kappa shape index (κ3) is 4.17. The first-order valence-corrected chi connectivity index (χ1v) is 6.56. The number of amides is 2. The van der Waals surface area contributed by atoms with Crippen molar-refractivity contribution in [3.8, 4) is 0 Å². The number of urea groups is 1. The topological polar surface area (TPSA) is 96.9 Å². The Kier molecular flexibility index (Phi) is 5.13. The van der Waals surface area contributed by atoms with Crippen molar-refractivity contribution in [3.05, 3.63) is 29.8 Å². The minimum absolute atomic E-state index is 0.115. The van der Waals surface area contributed by atoms with E-state index in [1.165, 1.54) is 0 Å². The highest BCUT2D eigenvalue weighted by Gasteiger charge is 2.35. The molecule has 2 atom stereocenters. The fraction of sp³-hybridized carbons (Fsp3) is 0.429. The second-order valence-electron chi connectivity index (χ2n) is 4.82. The fourth-order valence-electron chi connectivity index (χ4n) is 2.18. The Morgan fingerprint density at radius 2 is 2.24 bits per heavy atom. The number of aliphatic carboxylic acids is 1. The number of hydrogen-bond donors (Lipinski definition) is 3. The quantitative estimate of drug-likeness (QED) is 0.754. The van der Waals surface area contributed by atoms with Crippen molar-refractivity contribution in [1.82, 2.24) is 5.32 Å². The molecule has 21 heavy (non-hydrogen) atoms. The molecule has 1 heterocycles. The zero-order valence-corrected chi connectivity index (χ0v) is 11.7. The third-order valence-electron chi connectivity index (χ3n) is 3.21. The molecule has 1 aliphatic rings. The van der Waals surface area contributed by atoms with Crippen LogP contribution in [0.3, 0.4) is 0 Å². The van der Waals surface area contributed by atoms with Crippen LogP contribution in [0, 0.1) is 5.92 Å². The van der Waals surface area contributed by atoms with Crippen molar-refractivity contribution < 1.29 is 24.2 Å². The number of carbonyl (C=O) groups excluding carboxylic acids is 1. The minimum Gasteiger partial charge on any atom is -0.481 e. The van der Waals surface area contributed by atoms with Crippen molar-refractivity contribution in [1.29, 1.82) is 0 Å². The first-order valence-electron chi connectivity index (χ1n) is 6.56. The zero-order valence-electron chi connectivity index (χ0n) is 11.7. The zero-order chi connectivity index (χ0) is 15.2. The highest BCUT2D eigenvalue weighted by atomic mass is 16.5. The Hall–Kier alpha value is -2.12. The summed E-state index contributed by atoms with van der Waals surface area (Å²) in [6, 6.07) is 6.26. The second-order valence-corrected chi connectivity index (χ2v) is 4.82. The van der Waals surface area contributed by atoms with Gasteiger partial charge >= 0.3 is 12.0 Å². The van der Waals surface area contributed by atoms with Gasteiger partial charge in [-0.05, 0) is 17.7 Å². The van der Waals surface area contributed by atoms with Crippen LogP contribution >= 0.6 is 0 Å². The predicted molar refractivity (Wildman–Crippen MR) is 75.0 cm³/mol. The summed E-state index contributed by atoms with van der Waals surface area (Å²) in [7, 11) is 1.60. The minimum atomic E-state index is -0.972. The monoisotopic (exact) mass is 294 g/mol. The summed E-state index contributed by atoms with van der Waals surface area (Å²) in [5.41, 5.74) is 1.55. The molecule has 0 aliphatic carbocycles. The van der Waals surface area contributed by atoms with Crippen LogP contribution in [-0.2, 0) is 20.9 Å². The lowest BCUT2D eigenvalue weighted by atomic mass is 10.0. The van der Waals surface area contributed by atoms with E-state index in [-0.39, 0.29) is 13.2 Å². The number of ether oxygens (including phenoxy) is 2. The molecule has 2 rings (SSSR count). The number of methoxy groups -OCH3 is 1. The number of benzene rings is 1. The molecule has 7 heteroatoms. The van der Waals surface area contributed by atoms with Crippen LogP contribution in [0.4, 0.5) is 10.5 Å². The standard InChI is InChI=1S/C14H18N2O5/c1-20-6-9-3-2-4-10(5-9)15-14(19)16-12-8-21-7-11(12)13(17)18/h2-5,11-12H,6-8H2,1H3,(H,17,18)(H2,15,16,19). The van der Waals surface area contributed by atoms with Crippen LogP contribution in [0.2, 0.25) is 0 Å². The highest BCUT2D eigenvalue weighted by Crippen LogP contribution is 2.15. The van der Waals surface area contributed by atoms with E-state index in [1.807, 2.05) is 12.1 Å². The van der Waals surface area contributed by atoms with E-state index >= 15 is 0 Å². The van der Waals surface area contributed by atoms with Gasteiger partial charge in [-0.2, -0.15) is 0 Å². The van der Waals surface area contributed by atoms with E-state index < -0.39 is 24.0 Å². The molecule has 2 amide bonds. The first kappa shape index (κ1) is 15.3. The van der Waals surface area contributed by atoms with Crippen LogP contribution in [0.5, 0.6) is 0 Å². The Morgan fingerprint density at radius 1 is 1.43 bits per heavy atom. The van der Waals surface area contributed by atoms with Crippen LogP contribution in [-0.4, -0.2) is 43.5 Å². The van der Waals surface area contributed by atoms with Gasteiger partial charge in [0, 0.05) is 12.8 Å². The smallest absolute Gasteiger partial charge is 0.319 e. The molecule has 0 aromatic heterocycles. The van der Waals surface area contributed by atoms with E-state index in [9.17, 15) is 9.59 Å². The van der Waals surface area contributed by atoms with E-state index in [0.717, 1.165) is 5.56 Å². The van der Waals surface area contributed by atoms with Crippen molar-refractivity contribution in [2.24, 2.45) is 5.92 Å². The average Bonchev–Trinajstić information content (AvgIpc) is 2.87. The van der Waals surface area contributed by atoms with Gasteiger partial charge in [0.2, 0.25) is 0 Å². The lowest BCUT2D eigenvalue weighted by Gasteiger charge is -2.16. The summed E-state index contributed by atoms with van der Waals surface area (Å²) >= 11 is 0. The summed E-state index contributed by atoms with van der Waals surface area (Å²) in [5.74, 6) is -1.68. The van der Waals surface area contributed by atoms with Gasteiger partial charge < -0.3 is 25.2 Å². The van der Waals surface area contributed by atoms with Crippen molar-refractivity contribution >= 4 is 17.7 Å². The molecule has 0 radical (unpaired) electrons. The molecule has 0 bridgehead atoms. The second kappa shape index (κ2) is 7.05. The van der Waals surface area contributed by atoms with E-state index in [4.69, 9.17) is 14.6 Å². The normalized spacial score (nSPS) is 21.0. The van der Waals surface area contributed by atoms with Crippen LogP contribution in [0.25, 0.3) is 0 Å². The largest absolute Gasteiger partial charge is 0.481 e. The number of rotatable bonds is 5. The van der Waals surface area contributed by atoms with Gasteiger partial charge in [0.15, 0.2) is 0 Å². The molecule has 2 unspecified atom stereocenters. The number of carboxylic acid groups (broad SMARTS) is 1. The Balaban J connectivity index is 1.92. The van der Waals surface area contributed by atoms with Gasteiger partial charge in [0.25, 0.3) is 0 Å². The summed E-state index contributed by atoms with van der Waals surface area (Å²) in [6.07, 6.45) is 0. The summed E-state index contributed by atoms with van der Waals surface area (Å²) in [6.45, 7) is 0.770. The summed E-state index contributed by atoms with van der Waals surface area (Å²) in [5, 5.41) is 14.3.